The molecular weight excluding hydrogens is 236 g/mol. The van der Waals surface area contributed by atoms with Crippen molar-refractivity contribution in [2.45, 2.75) is 32.2 Å². The molecule has 0 spiro atoms. The van der Waals surface area contributed by atoms with Gasteiger partial charge in [0.05, 0.1) is 0 Å². The van der Waals surface area contributed by atoms with Crippen molar-refractivity contribution >= 4 is 6.08 Å². The average Bonchev–Trinajstić information content (AvgIpc) is 2.32. The molecular formula is C13H16O5. The first-order valence-electron chi connectivity index (χ1n) is 5.76. The van der Waals surface area contributed by atoms with Crippen LogP contribution >= 0.6 is 0 Å². The smallest absolute Gasteiger partial charge is 0.345 e. The van der Waals surface area contributed by atoms with Gasteiger partial charge in [-0.3, -0.25) is 0 Å². The van der Waals surface area contributed by atoms with Crippen LogP contribution in [0, 0.1) is 0 Å². The van der Waals surface area contributed by atoms with Gasteiger partial charge in [-0.2, -0.15) is 0 Å². The third kappa shape index (κ3) is 2.07. The molecule has 0 saturated heterocycles. The first kappa shape index (κ1) is 12.9. The summed E-state index contributed by atoms with van der Waals surface area (Å²) in [5.41, 5.74) is -0.310. The molecule has 0 fully saturated rings. The number of aliphatic hydroxyl groups excluding tert-OH is 1. The van der Waals surface area contributed by atoms with E-state index in [0.29, 0.717) is 11.5 Å². The molecule has 1 aromatic rings. The lowest BCUT2D eigenvalue weighted by Gasteiger charge is -2.33. The number of hydrogen-bond donors (Lipinski definition) is 1. The highest BCUT2D eigenvalue weighted by Gasteiger charge is 2.38. The molecule has 0 saturated carbocycles. The summed E-state index contributed by atoms with van der Waals surface area (Å²) in [6.07, 6.45) is 1.38. The van der Waals surface area contributed by atoms with Gasteiger partial charge in [-0.05, 0) is 19.9 Å². The van der Waals surface area contributed by atoms with E-state index in [4.69, 9.17) is 13.9 Å². The second-order valence-corrected chi connectivity index (χ2v) is 4.18. The van der Waals surface area contributed by atoms with Crippen molar-refractivity contribution in [1.82, 2.24) is 0 Å². The number of methoxy groups -OCH3 is 1. The zero-order valence-electron chi connectivity index (χ0n) is 10.5. The van der Waals surface area contributed by atoms with Crippen LogP contribution in [0.5, 0.6) is 5.75 Å². The molecule has 5 nitrogen and oxygen atoms in total. The number of aliphatic hydroxyl groups is 1. The van der Waals surface area contributed by atoms with Crippen molar-refractivity contribution in [1.29, 1.82) is 0 Å². The lowest BCUT2D eigenvalue weighted by atomic mass is 9.98. The fraction of sp³-hybridized carbons (Fsp3) is 0.462. The van der Waals surface area contributed by atoms with E-state index in [9.17, 15) is 9.90 Å². The molecule has 0 aromatic carbocycles. The maximum absolute atomic E-state index is 11.9. The van der Waals surface area contributed by atoms with E-state index in [1.165, 1.54) is 7.11 Å². The second kappa shape index (κ2) is 4.96. The lowest BCUT2D eigenvalue weighted by Crippen LogP contribution is -2.41. The van der Waals surface area contributed by atoms with Crippen molar-refractivity contribution in [3.63, 3.8) is 0 Å². The molecule has 98 valence electrons. The van der Waals surface area contributed by atoms with Gasteiger partial charge in [0.25, 0.3) is 0 Å². The molecule has 2 heterocycles. The summed E-state index contributed by atoms with van der Waals surface area (Å²) >= 11 is 0. The molecule has 3 atom stereocenters. The van der Waals surface area contributed by atoms with E-state index in [-0.39, 0.29) is 5.56 Å². The Morgan fingerprint density at radius 2 is 2.22 bits per heavy atom. The first-order chi connectivity index (χ1) is 8.58. The largest absolute Gasteiger partial charge is 0.487 e. The summed E-state index contributed by atoms with van der Waals surface area (Å²) < 4.78 is 15.8. The quantitative estimate of drug-likeness (QED) is 0.863. The summed E-state index contributed by atoms with van der Waals surface area (Å²) in [7, 11) is 1.44. The van der Waals surface area contributed by atoms with Gasteiger partial charge in [0, 0.05) is 13.2 Å². The predicted molar refractivity (Wildman–Crippen MR) is 65.5 cm³/mol. The Labute approximate surface area is 105 Å². The number of rotatable bonds is 2. The van der Waals surface area contributed by atoms with Crippen LogP contribution in [0.3, 0.4) is 0 Å². The van der Waals surface area contributed by atoms with Crippen LogP contribution in [-0.2, 0) is 4.74 Å². The van der Waals surface area contributed by atoms with Crippen molar-refractivity contribution in [3.8, 4) is 5.75 Å². The highest BCUT2D eigenvalue weighted by Crippen LogP contribution is 2.35. The highest BCUT2D eigenvalue weighted by molar-refractivity contribution is 5.48. The molecule has 18 heavy (non-hydrogen) atoms. The molecule has 0 amide bonds. The second-order valence-electron chi connectivity index (χ2n) is 4.18. The molecule has 3 unspecified atom stereocenters. The lowest BCUT2D eigenvalue weighted by molar-refractivity contribution is -0.0814. The van der Waals surface area contributed by atoms with Crippen LogP contribution < -0.4 is 10.4 Å². The fourth-order valence-corrected chi connectivity index (χ4v) is 2.04. The Morgan fingerprint density at radius 1 is 1.50 bits per heavy atom. The van der Waals surface area contributed by atoms with Crippen LogP contribution in [0.1, 0.15) is 31.3 Å². The predicted octanol–water partition coefficient (Wildman–Crippen LogP) is 1.50. The van der Waals surface area contributed by atoms with E-state index < -0.39 is 23.9 Å². The topological polar surface area (TPSA) is 68.9 Å². The summed E-state index contributed by atoms with van der Waals surface area (Å²) in [4.78, 5) is 11.9. The SMILES string of the molecule is CC=Cc1cc2c(c(=O)o1)C(OC)C(O)C(C)O2. The maximum atomic E-state index is 11.9. The van der Waals surface area contributed by atoms with E-state index in [1.807, 2.05) is 6.92 Å². The van der Waals surface area contributed by atoms with E-state index in [0.717, 1.165) is 0 Å². The van der Waals surface area contributed by atoms with Crippen LogP contribution in [0.2, 0.25) is 0 Å². The van der Waals surface area contributed by atoms with Crippen LogP contribution in [0.4, 0.5) is 0 Å². The van der Waals surface area contributed by atoms with Crippen molar-refractivity contribution in [3.05, 3.63) is 33.9 Å². The van der Waals surface area contributed by atoms with Gasteiger partial charge in [-0.1, -0.05) is 6.08 Å². The van der Waals surface area contributed by atoms with E-state index in [2.05, 4.69) is 0 Å². The van der Waals surface area contributed by atoms with E-state index in [1.54, 1.807) is 25.1 Å². The number of ether oxygens (including phenoxy) is 2. The first-order valence-corrected chi connectivity index (χ1v) is 5.76. The zero-order chi connectivity index (χ0) is 13.3. The van der Waals surface area contributed by atoms with Crippen LogP contribution in [-0.4, -0.2) is 24.4 Å². The molecule has 1 aliphatic heterocycles. The van der Waals surface area contributed by atoms with Gasteiger partial charge in [-0.25, -0.2) is 4.79 Å². The monoisotopic (exact) mass is 252 g/mol. The standard InChI is InChI=1S/C13H16O5/c1-4-5-8-6-9-10(13(15)18-8)12(16-3)11(14)7(2)17-9/h4-7,11-12,14H,1-3H3. The Hall–Kier alpha value is -1.59. The van der Waals surface area contributed by atoms with Gasteiger partial charge in [0.2, 0.25) is 0 Å². The minimum atomic E-state index is -0.891. The average molecular weight is 252 g/mol. The van der Waals surface area contributed by atoms with Crippen LogP contribution in [0.15, 0.2) is 21.4 Å². The van der Waals surface area contributed by atoms with E-state index >= 15 is 0 Å². The highest BCUT2D eigenvalue weighted by atomic mass is 16.5. The Bertz CT molecular complexity index is 517. The van der Waals surface area contributed by atoms with Crippen molar-refractivity contribution in [2.75, 3.05) is 7.11 Å². The summed E-state index contributed by atoms with van der Waals surface area (Å²) in [6, 6.07) is 1.63. The number of fused-ring (bicyclic) bond motifs is 1. The Kier molecular flexibility index (Phi) is 3.54. The van der Waals surface area contributed by atoms with Gasteiger partial charge in [0.1, 0.15) is 35.4 Å². The molecule has 2 rings (SSSR count). The number of hydrogen-bond acceptors (Lipinski definition) is 5. The van der Waals surface area contributed by atoms with Crippen LogP contribution in [0.25, 0.3) is 6.08 Å². The molecule has 0 bridgehead atoms. The third-order valence-corrected chi connectivity index (χ3v) is 2.94. The minimum Gasteiger partial charge on any atom is -0.487 e. The van der Waals surface area contributed by atoms with Crippen molar-refractivity contribution in [2.24, 2.45) is 0 Å². The van der Waals surface area contributed by atoms with Gasteiger partial charge in [-0.15, -0.1) is 0 Å². The Balaban J connectivity index is 2.57. The molecule has 1 N–H and O–H groups in total. The maximum Gasteiger partial charge on any atom is 0.345 e. The molecule has 5 heteroatoms. The molecule has 0 aliphatic carbocycles. The number of allylic oxidation sites excluding steroid dienone is 1. The zero-order valence-corrected chi connectivity index (χ0v) is 10.5. The summed E-state index contributed by atoms with van der Waals surface area (Å²) in [5, 5.41) is 9.94. The normalized spacial score (nSPS) is 27.0. The van der Waals surface area contributed by atoms with Crippen molar-refractivity contribution < 1.29 is 19.0 Å². The summed E-state index contributed by atoms with van der Waals surface area (Å²) in [6.45, 7) is 3.55. The molecule has 1 aromatic heterocycles. The molecule has 1 aliphatic rings. The minimum absolute atomic E-state index is 0.233. The Morgan fingerprint density at radius 3 is 2.83 bits per heavy atom. The van der Waals surface area contributed by atoms with Gasteiger partial charge < -0.3 is 19.0 Å². The van der Waals surface area contributed by atoms with Gasteiger partial charge >= 0.3 is 5.63 Å². The molecule has 0 radical (unpaired) electrons. The van der Waals surface area contributed by atoms with Gasteiger partial charge in [0.15, 0.2) is 0 Å². The summed E-state index contributed by atoms with van der Waals surface area (Å²) in [5.74, 6) is 0.823. The fourth-order valence-electron chi connectivity index (χ4n) is 2.04. The third-order valence-electron chi connectivity index (χ3n) is 2.94.